The van der Waals surface area contributed by atoms with Gasteiger partial charge in [0.1, 0.15) is 11.9 Å². The Kier molecular flexibility index (Phi) is 4.28. The van der Waals surface area contributed by atoms with Gasteiger partial charge in [-0.25, -0.2) is 4.90 Å². The number of carbonyl (C=O) groups is 2. The number of fused-ring (bicyclic) bond motifs is 8. The highest BCUT2D eigenvalue weighted by Gasteiger charge is 2.72. The first kappa shape index (κ1) is 19.6. The summed E-state index contributed by atoms with van der Waals surface area (Å²) in [6, 6.07) is 14.2. The summed E-state index contributed by atoms with van der Waals surface area (Å²) in [4.78, 5) is 34.3. The van der Waals surface area contributed by atoms with E-state index in [-0.39, 0.29) is 17.7 Å². The number of benzene rings is 2. The summed E-state index contributed by atoms with van der Waals surface area (Å²) in [7, 11) is 0.489. The molecule has 2 aromatic rings. The van der Waals surface area contributed by atoms with Gasteiger partial charge in [0, 0.05) is 22.0 Å². The zero-order chi connectivity index (χ0) is 22.1. The van der Waals surface area contributed by atoms with Gasteiger partial charge in [-0.15, -0.1) is 0 Å². The lowest BCUT2D eigenvalue weighted by molar-refractivity contribution is -0.125. The highest BCUT2D eigenvalue weighted by molar-refractivity contribution is 7.84. The minimum Gasteiger partial charge on any atom is -0.497 e. The largest absolute Gasteiger partial charge is 0.497 e. The van der Waals surface area contributed by atoms with Crippen molar-refractivity contribution in [1.82, 2.24) is 0 Å². The van der Waals surface area contributed by atoms with Gasteiger partial charge >= 0.3 is 0 Å². The number of amides is 2. The fraction of sp³-hybridized carbons (Fsp3) is 0.348. The van der Waals surface area contributed by atoms with Gasteiger partial charge in [-0.2, -0.15) is 0 Å². The molecule has 4 aliphatic rings. The van der Waals surface area contributed by atoms with Crippen LogP contribution in [0.1, 0.15) is 5.56 Å². The molecule has 2 bridgehead atoms. The van der Waals surface area contributed by atoms with Crippen LogP contribution < -0.4 is 9.64 Å². The number of methoxy groups -OCH3 is 1. The molecule has 0 aromatic heterocycles. The van der Waals surface area contributed by atoms with Crippen molar-refractivity contribution < 1.29 is 28.1 Å². The predicted octanol–water partition coefficient (Wildman–Crippen LogP) is 1.74. The molecule has 3 saturated heterocycles. The Labute approximate surface area is 186 Å². The van der Waals surface area contributed by atoms with Gasteiger partial charge in [0.25, 0.3) is 0 Å². The van der Waals surface area contributed by atoms with E-state index < -0.39 is 40.9 Å². The molecule has 0 aliphatic carbocycles. The number of oxime groups is 1. The summed E-state index contributed by atoms with van der Waals surface area (Å²) >= 11 is 0. The Morgan fingerprint density at radius 3 is 2.19 bits per heavy atom. The van der Waals surface area contributed by atoms with Crippen molar-refractivity contribution in [2.45, 2.75) is 23.2 Å². The number of nitrogens with zero attached hydrogens (tertiary/aromatic N) is 2. The van der Waals surface area contributed by atoms with Crippen molar-refractivity contribution in [2.75, 3.05) is 18.3 Å². The van der Waals surface area contributed by atoms with Gasteiger partial charge in [0.2, 0.25) is 11.8 Å². The molecule has 9 heteroatoms. The molecular formula is C23H20N2O6S. The minimum absolute atomic E-state index is 0.230. The molecule has 6 rings (SSSR count). The molecule has 164 valence electrons. The second-order valence-corrected chi connectivity index (χ2v) is 9.76. The van der Waals surface area contributed by atoms with Crippen LogP contribution in [0.4, 0.5) is 5.69 Å². The molecular weight excluding hydrogens is 432 g/mol. The predicted molar refractivity (Wildman–Crippen MR) is 115 cm³/mol. The fourth-order valence-electron chi connectivity index (χ4n) is 5.40. The average molecular weight is 452 g/mol. The number of anilines is 1. The van der Waals surface area contributed by atoms with Gasteiger partial charge in [0.05, 0.1) is 42.4 Å². The Morgan fingerprint density at radius 1 is 0.906 bits per heavy atom. The van der Waals surface area contributed by atoms with Crippen LogP contribution in [0.5, 0.6) is 5.75 Å². The maximum Gasteiger partial charge on any atom is 0.240 e. The lowest BCUT2D eigenvalue weighted by Crippen LogP contribution is -2.45. The molecule has 2 aromatic carbocycles. The van der Waals surface area contributed by atoms with Crippen molar-refractivity contribution in [3.05, 3.63) is 54.1 Å². The summed E-state index contributed by atoms with van der Waals surface area (Å²) in [5.74, 6) is -1.23. The second kappa shape index (κ2) is 6.98. The van der Waals surface area contributed by atoms with E-state index in [4.69, 9.17) is 14.3 Å². The molecule has 4 heterocycles. The highest BCUT2D eigenvalue weighted by atomic mass is 32.2. The van der Waals surface area contributed by atoms with Crippen LogP contribution in [0, 0.1) is 17.8 Å². The van der Waals surface area contributed by atoms with Gasteiger partial charge in [-0.1, -0.05) is 17.3 Å². The standard InChI is InChI=1S/C23H20N2O6S/c1-29-13-7-5-12(6-8-13)25-22(26)15-16(23(25)27)20-21-17(19(15)30-20)18(24-31-21)11-3-9-14(10-4-11)32(2)28/h3-10,15-17,19-21H,1-2H3/t15-,16+,17-,19-,20+,21-,32?/m1/s1. The van der Waals surface area contributed by atoms with E-state index in [0.717, 1.165) is 10.5 Å². The minimum atomic E-state index is -1.07. The Morgan fingerprint density at radius 2 is 1.56 bits per heavy atom. The van der Waals surface area contributed by atoms with E-state index in [9.17, 15) is 13.8 Å². The number of rotatable bonds is 4. The zero-order valence-corrected chi connectivity index (χ0v) is 18.2. The quantitative estimate of drug-likeness (QED) is 0.656. The van der Waals surface area contributed by atoms with Crippen LogP contribution in [0.15, 0.2) is 58.6 Å². The molecule has 4 aliphatic heterocycles. The average Bonchev–Trinajstić information content (AvgIpc) is 3.54. The molecule has 0 N–H and O–H groups in total. The third-order valence-electron chi connectivity index (χ3n) is 6.85. The Bertz CT molecular complexity index is 1180. The number of carbonyl (C=O) groups excluding carboxylic acids is 2. The molecule has 0 saturated carbocycles. The van der Waals surface area contributed by atoms with Crippen LogP contribution in [-0.4, -0.2) is 53.4 Å². The molecule has 2 amide bonds. The third kappa shape index (κ3) is 2.58. The third-order valence-corrected chi connectivity index (χ3v) is 7.79. The number of hydrogen-bond donors (Lipinski definition) is 0. The normalized spacial score (nSPS) is 33.1. The van der Waals surface area contributed by atoms with Gasteiger partial charge in [0.15, 0.2) is 6.10 Å². The van der Waals surface area contributed by atoms with Gasteiger partial charge < -0.3 is 14.3 Å². The second-order valence-electron chi connectivity index (χ2n) is 8.38. The Hall–Kier alpha value is -3.04. The van der Waals surface area contributed by atoms with Crippen molar-refractivity contribution in [3.63, 3.8) is 0 Å². The van der Waals surface area contributed by atoms with E-state index in [2.05, 4.69) is 5.16 Å². The molecule has 1 unspecified atom stereocenters. The number of ether oxygens (including phenoxy) is 2. The summed E-state index contributed by atoms with van der Waals surface area (Å²) < 4.78 is 23.0. The summed E-state index contributed by atoms with van der Waals surface area (Å²) in [5, 5.41) is 4.29. The van der Waals surface area contributed by atoms with Crippen LogP contribution >= 0.6 is 0 Å². The van der Waals surface area contributed by atoms with Gasteiger partial charge in [-0.3, -0.25) is 13.8 Å². The van der Waals surface area contributed by atoms with Crippen LogP contribution in [0.2, 0.25) is 0 Å². The van der Waals surface area contributed by atoms with Crippen molar-refractivity contribution in [1.29, 1.82) is 0 Å². The van der Waals surface area contributed by atoms with Crippen LogP contribution in [0.3, 0.4) is 0 Å². The SMILES string of the molecule is COc1ccc(N2C(=O)[C@@H]3[C@@H]4O[C@@H]([C@H]5C(c6ccc(S(C)=O)cc6)=NO[C@@H]45)[C@@H]3C2=O)cc1. The van der Waals surface area contributed by atoms with Crippen molar-refractivity contribution >= 4 is 34.0 Å². The van der Waals surface area contributed by atoms with Crippen molar-refractivity contribution in [2.24, 2.45) is 22.9 Å². The number of imide groups is 1. The van der Waals surface area contributed by atoms with E-state index in [1.54, 1.807) is 49.8 Å². The first-order valence-corrected chi connectivity index (χ1v) is 11.9. The molecule has 32 heavy (non-hydrogen) atoms. The van der Waals surface area contributed by atoms with E-state index in [1.807, 2.05) is 12.1 Å². The summed E-state index contributed by atoms with van der Waals surface area (Å²) in [6.07, 6.45) is 0.237. The van der Waals surface area contributed by atoms with Crippen LogP contribution in [-0.2, 0) is 30.0 Å². The lowest BCUT2D eigenvalue weighted by Gasteiger charge is -2.26. The molecule has 0 radical (unpaired) electrons. The Balaban J connectivity index is 1.30. The maximum atomic E-state index is 13.4. The number of hydrogen-bond acceptors (Lipinski definition) is 7. The first-order valence-electron chi connectivity index (χ1n) is 10.3. The van der Waals surface area contributed by atoms with Crippen LogP contribution in [0.25, 0.3) is 0 Å². The maximum absolute atomic E-state index is 13.4. The molecule has 0 spiro atoms. The monoisotopic (exact) mass is 452 g/mol. The van der Waals surface area contributed by atoms with Gasteiger partial charge in [-0.05, 0) is 42.0 Å². The summed E-state index contributed by atoms with van der Waals surface area (Å²) in [5.41, 5.74) is 2.07. The fourth-order valence-corrected chi connectivity index (χ4v) is 5.92. The van der Waals surface area contributed by atoms with E-state index in [1.165, 1.54) is 4.90 Å². The smallest absolute Gasteiger partial charge is 0.240 e. The summed E-state index contributed by atoms with van der Waals surface area (Å²) in [6.45, 7) is 0. The van der Waals surface area contributed by atoms with Crippen molar-refractivity contribution in [3.8, 4) is 5.75 Å². The molecule has 3 fully saturated rings. The van der Waals surface area contributed by atoms with E-state index >= 15 is 0 Å². The highest BCUT2D eigenvalue weighted by Crippen LogP contribution is 2.55. The lowest BCUT2D eigenvalue weighted by atomic mass is 9.71. The van der Waals surface area contributed by atoms with E-state index in [0.29, 0.717) is 17.1 Å². The first-order chi connectivity index (χ1) is 15.5. The topological polar surface area (TPSA) is 94.5 Å². The molecule has 8 nitrogen and oxygen atoms in total. The zero-order valence-electron chi connectivity index (χ0n) is 17.3. The molecule has 7 atom stereocenters.